The molecule has 1 unspecified atom stereocenters. The minimum absolute atomic E-state index is 0.0204. The minimum atomic E-state index is -0.795. The molecule has 1 heterocycles. The van der Waals surface area contributed by atoms with E-state index in [4.69, 9.17) is 5.11 Å². The summed E-state index contributed by atoms with van der Waals surface area (Å²) in [5, 5.41) is 8.62. The van der Waals surface area contributed by atoms with Crippen LogP contribution < -0.4 is 0 Å². The van der Waals surface area contributed by atoms with Crippen molar-refractivity contribution in [3.63, 3.8) is 0 Å². The number of carbonyl (C=O) groups is 1. The number of hydrogen-bond donors (Lipinski definition) is 1. The average Bonchev–Trinajstić information content (AvgIpc) is 2.08. The lowest BCUT2D eigenvalue weighted by molar-refractivity contribution is -0.138. The van der Waals surface area contributed by atoms with E-state index in [2.05, 4.69) is 0 Å². The lowest BCUT2D eigenvalue weighted by atomic mass is 10.2. The standard InChI is InChI=1S/C8H14FNO2S/c9-1-2-10-3-4-13-6-7(10)5-8(11)12/h7H,1-6H2,(H,11,12). The second-order valence-electron chi connectivity index (χ2n) is 3.05. The third-order valence-corrected chi connectivity index (χ3v) is 3.22. The van der Waals surface area contributed by atoms with Gasteiger partial charge in [-0.15, -0.1) is 0 Å². The van der Waals surface area contributed by atoms with Crippen molar-refractivity contribution in [2.45, 2.75) is 12.5 Å². The average molecular weight is 207 g/mol. The molecule has 76 valence electrons. The topological polar surface area (TPSA) is 40.5 Å². The van der Waals surface area contributed by atoms with Crippen LogP contribution in [0.5, 0.6) is 0 Å². The van der Waals surface area contributed by atoms with E-state index < -0.39 is 5.97 Å². The number of alkyl halides is 1. The molecule has 1 N–H and O–H groups in total. The summed E-state index contributed by atoms with van der Waals surface area (Å²) < 4.78 is 12.1. The van der Waals surface area contributed by atoms with E-state index in [0.29, 0.717) is 6.54 Å². The second-order valence-corrected chi connectivity index (χ2v) is 4.20. The van der Waals surface area contributed by atoms with Crippen LogP contribution in [0.15, 0.2) is 0 Å². The fourth-order valence-corrected chi connectivity index (χ4v) is 2.61. The van der Waals surface area contributed by atoms with Gasteiger partial charge in [0.2, 0.25) is 0 Å². The first-order valence-electron chi connectivity index (χ1n) is 4.33. The lowest BCUT2D eigenvalue weighted by Gasteiger charge is -2.33. The van der Waals surface area contributed by atoms with Crippen molar-refractivity contribution in [2.75, 3.05) is 31.3 Å². The molecule has 1 aliphatic heterocycles. The van der Waals surface area contributed by atoms with Gasteiger partial charge in [0.1, 0.15) is 6.67 Å². The first kappa shape index (κ1) is 10.8. The van der Waals surface area contributed by atoms with Crippen molar-refractivity contribution in [1.82, 2.24) is 4.90 Å². The molecule has 0 aliphatic carbocycles. The first-order valence-corrected chi connectivity index (χ1v) is 5.49. The van der Waals surface area contributed by atoms with Crippen LogP contribution >= 0.6 is 11.8 Å². The molecule has 1 rings (SSSR count). The number of thioether (sulfide) groups is 1. The summed E-state index contributed by atoms with van der Waals surface area (Å²) in [6.45, 7) is 0.797. The molecule has 0 radical (unpaired) electrons. The number of nitrogens with zero attached hydrogens (tertiary/aromatic N) is 1. The van der Waals surface area contributed by atoms with E-state index in [1.807, 2.05) is 4.90 Å². The molecule has 0 saturated carbocycles. The summed E-state index contributed by atoms with van der Waals surface area (Å²) in [5.41, 5.74) is 0. The summed E-state index contributed by atoms with van der Waals surface area (Å²) in [7, 11) is 0. The highest BCUT2D eigenvalue weighted by atomic mass is 32.2. The number of carboxylic acids is 1. The fourth-order valence-electron chi connectivity index (χ4n) is 1.48. The van der Waals surface area contributed by atoms with E-state index in [1.165, 1.54) is 0 Å². The Morgan fingerprint density at radius 2 is 2.46 bits per heavy atom. The quantitative estimate of drug-likeness (QED) is 0.742. The van der Waals surface area contributed by atoms with Crippen LogP contribution in [0, 0.1) is 0 Å². The molecule has 0 aromatic heterocycles. The summed E-state index contributed by atoms with van der Waals surface area (Å²) in [6, 6.07) is 0.0204. The Balaban J connectivity index is 2.41. The Bertz CT molecular complexity index is 178. The third-order valence-electron chi connectivity index (χ3n) is 2.13. The Kier molecular flexibility index (Phi) is 4.52. The van der Waals surface area contributed by atoms with Crippen LogP contribution in [0.3, 0.4) is 0 Å². The second kappa shape index (κ2) is 5.44. The van der Waals surface area contributed by atoms with E-state index in [1.54, 1.807) is 11.8 Å². The molecule has 1 saturated heterocycles. The van der Waals surface area contributed by atoms with Crippen LogP contribution in [0.1, 0.15) is 6.42 Å². The molecule has 0 aromatic carbocycles. The predicted octanol–water partition coefficient (Wildman–Crippen LogP) is 0.848. The fraction of sp³-hybridized carbons (Fsp3) is 0.875. The molecule has 0 aromatic rings. The van der Waals surface area contributed by atoms with Crippen LogP contribution in [-0.4, -0.2) is 53.3 Å². The van der Waals surface area contributed by atoms with Crippen molar-refractivity contribution < 1.29 is 14.3 Å². The maximum Gasteiger partial charge on any atom is 0.304 e. The molecular formula is C8H14FNO2S. The number of carboxylic acid groups (broad SMARTS) is 1. The summed E-state index contributed by atoms with van der Waals surface area (Å²) in [4.78, 5) is 12.4. The van der Waals surface area contributed by atoms with Gasteiger partial charge in [0.15, 0.2) is 0 Å². The maximum atomic E-state index is 12.1. The van der Waals surface area contributed by atoms with Crippen LogP contribution in [0.4, 0.5) is 4.39 Å². The molecule has 3 nitrogen and oxygen atoms in total. The van der Waals surface area contributed by atoms with E-state index in [9.17, 15) is 9.18 Å². The van der Waals surface area contributed by atoms with Gasteiger partial charge in [-0.05, 0) is 0 Å². The van der Waals surface area contributed by atoms with Gasteiger partial charge in [-0.3, -0.25) is 9.69 Å². The monoisotopic (exact) mass is 207 g/mol. The van der Waals surface area contributed by atoms with Crippen molar-refractivity contribution in [1.29, 1.82) is 0 Å². The highest BCUT2D eigenvalue weighted by Crippen LogP contribution is 2.18. The molecule has 0 spiro atoms. The maximum absolute atomic E-state index is 12.1. The third kappa shape index (κ3) is 3.52. The minimum Gasteiger partial charge on any atom is -0.481 e. The first-order chi connectivity index (χ1) is 6.24. The van der Waals surface area contributed by atoms with Gasteiger partial charge in [-0.1, -0.05) is 0 Å². The SMILES string of the molecule is O=C(O)CC1CSCCN1CCF. The van der Waals surface area contributed by atoms with E-state index >= 15 is 0 Å². The molecule has 1 aliphatic rings. The molecule has 1 atom stereocenters. The highest BCUT2D eigenvalue weighted by Gasteiger charge is 2.24. The van der Waals surface area contributed by atoms with Crippen LogP contribution in [0.25, 0.3) is 0 Å². The van der Waals surface area contributed by atoms with Crippen LogP contribution in [0.2, 0.25) is 0 Å². The smallest absolute Gasteiger partial charge is 0.304 e. The van der Waals surface area contributed by atoms with Gasteiger partial charge in [0.05, 0.1) is 6.42 Å². The van der Waals surface area contributed by atoms with Gasteiger partial charge in [-0.25, -0.2) is 4.39 Å². The van der Waals surface area contributed by atoms with Gasteiger partial charge in [0.25, 0.3) is 0 Å². The molecule has 0 bridgehead atoms. The van der Waals surface area contributed by atoms with Crippen LogP contribution in [-0.2, 0) is 4.79 Å². The Morgan fingerprint density at radius 1 is 1.69 bits per heavy atom. The molecule has 1 fully saturated rings. The van der Waals surface area contributed by atoms with Gasteiger partial charge >= 0.3 is 5.97 Å². The highest BCUT2D eigenvalue weighted by molar-refractivity contribution is 7.99. The van der Waals surface area contributed by atoms with Gasteiger partial charge in [0, 0.05) is 30.6 Å². The van der Waals surface area contributed by atoms with Crippen molar-refractivity contribution in [3.05, 3.63) is 0 Å². The predicted molar refractivity (Wildman–Crippen MR) is 50.9 cm³/mol. The Morgan fingerprint density at radius 3 is 3.08 bits per heavy atom. The zero-order valence-electron chi connectivity index (χ0n) is 7.41. The number of halogens is 1. The van der Waals surface area contributed by atoms with Crippen molar-refractivity contribution >= 4 is 17.7 Å². The van der Waals surface area contributed by atoms with E-state index in [0.717, 1.165) is 18.1 Å². The number of hydrogen-bond acceptors (Lipinski definition) is 3. The zero-order valence-corrected chi connectivity index (χ0v) is 8.23. The summed E-state index contributed by atoms with van der Waals surface area (Å²) in [6.07, 6.45) is 0.132. The summed E-state index contributed by atoms with van der Waals surface area (Å²) in [5.74, 6) is 0.999. The molecular weight excluding hydrogens is 193 g/mol. The number of rotatable bonds is 4. The molecule has 5 heteroatoms. The van der Waals surface area contributed by atoms with Crippen molar-refractivity contribution in [3.8, 4) is 0 Å². The lowest BCUT2D eigenvalue weighted by Crippen LogP contribution is -2.44. The Hall–Kier alpha value is -0.290. The van der Waals surface area contributed by atoms with Gasteiger partial charge in [-0.2, -0.15) is 11.8 Å². The summed E-state index contributed by atoms with van der Waals surface area (Å²) >= 11 is 1.75. The molecule has 0 amide bonds. The Labute approximate surface area is 81.3 Å². The molecule has 13 heavy (non-hydrogen) atoms. The van der Waals surface area contributed by atoms with E-state index in [-0.39, 0.29) is 19.1 Å². The van der Waals surface area contributed by atoms with Crippen molar-refractivity contribution in [2.24, 2.45) is 0 Å². The number of aliphatic carboxylic acids is 1. The zero-order chi connectivity index (χ0) is 9.68. The normalized spacial score (nSPS) is 24.5. The van der Waals surface area contributed by atoms with Gasteiger partial charge < -0.3 is 5.11 Å². The largest absolute Gasteiger partial charge is 0.481 e.